The van der Waals surface area contributed by atoms with Gasteiger partial charge in [-0.05, 0) is 13.3 Å². The normalized spacial score (nSPS) is 10.5. The van der Waals surface area contributed by atoms with Crippen LogP contribution in [0.2, 0.25) is 0 Å². The summed E-state index contributed by atoms with van der Waals surface area (Å²) in [6, 6.07) is 0. The molecule has 0 saturated heterocycles. The Morgan fingerprint density at radius 2 is 1.47 bits per heavy atom. The van der Waals surface area contributed by atoms with E-state index in [1.54, 1.807) is 6.92 Å². The molecular formula is C13H26O2. The second-order valence-corrected chi connectivity index (χ2v) is 4.23. The van der Waals surface area contributed by atoms with Gasteiger partial charge in [-0.25, -0.2) is 0 Å². The first-order chi connectivity index (χ1) is 7.27. The van der Waals surface area contributed by atoms with Crippen LogP contribution in [0.3, 0.4) is 0 Å². The molecule has 0 spiro atoms. The van der Waals surface area contributed by atoms with Crippen molar-refractivity contribution in [2.75, 3.05) is 13.2 Å². The average molecular weight is 214 g/mol. The molecule has 0 fully saturated rings. The van der Waals surface area contributed by atoms with Crippen LogP contribution in [0.5, 0.6) is 0 Å². The summed E-state index contributed by atoms with van der Waals surface area (Å²) < 4.78 is 5.19. The minimum Gasteiger partial charge on any atom is -0.374 e. The molecule has 0 aliphatic carbocycles. The SMILES string of the molecule is CCCCCCCCCCOCC(C)=O. The van der Waals surface area contributed by atoms with Gasteiger partial charge in [0.2, 0.25) is 0 Å². The Balaban J connectivity index is 2.89. The number of Topliss-reactive ketones (excluding diaryl/α,β-unsaturated/α-hetero) is 1. The van der Waals surface area contributed by atoms with Gasteiger partial charge >= 0.3 is 0 Å². The van der Waals surface area contributed by atoms with Gasteiger partial charge in [0.25, 0.3) is 0 Å². The minimum absolute atomic E-state index is 0.120. The molecule has 0 rings (SSSR count). The zero-order chi connectivity index (χ0) is 11.4. The number of hydrogen-bond donors (Lipinski definition) is 0. The van der Waals surface area contributed by atoms with E-state index in [1.165, 1.54) is 44.9 Å². The summed E-state index contributed by atoms with van der Waals surface area (Å²) >= 11 is 0. The quantitative estimate of drug-likeness (QED) is 0.490. The maximum atomic E-state index is 10.6. The molecular weight excluding hydrogens is 188 g/mol. The summed E-state index contributed by atoms with van der Waals surface area (Å²) in [5, 5.41) is 0. The predicted octanol–water partition coefficient (Wildman–Crippen LogP) is 3.73. The third-order valence-corrected chi connectivity index (χ3v) is 2.45. The van der Waals surface area contributed by atoms with Crippen molar-refractivity contribution in [3.05, 3.63) is 0 Å². The smallest absolute Gasteiger partial charge is 0.155 e. The fourth-order valence-corrected chi connectivity index (χ4v) is 1.55. The van der Waals surface area contributed by atoms with E-state index < -0.39 is 0 Å². The van der Waals surface area contributed by atoms with Crippen LogP contribution in [0, 0.1) is 0 Å². The molecule has 0 bridgehead atoms. The molecule has 0 N–H and O–H groups in total. The Labute approximate surface area is 94.4 Å². The number of hydrogen-bond acceptors (Lipinski definition) is 2. The molecule has 90 valence electrons. The van der Waals surface area contributed by atoms with Crippen molar-refractivity contribution in [2.24, 2.45) is 0 Å². The van der Waals surface area contributed by atoms with Gasteiger partial charge in [0.15, 0.2) is 5.78 Å². The molecule has 2 nitrogen and oxygen atoms in total. The van der Waals surface area contributed by atoms with E-state index in [4.69, 9.17) is 4.74 Å². The summed E-state index contributed by atoms with van der Waals surface area (Å²) in [7, 11) is 0. The van der Waals surface area contributed by atoms with Gasteiger partial charge < -0.3 is 4.74 Å². The third kappa shape index (κ3) is 13.6. The van der Waals surface area contributed by atoms with Gasteiger partial charge in [0.05, 0.1) is 0 Å². The van der Waals surface area contributed by atoms with Gasteiger partial charge in [0, 0.05) is 6.61 Å². The maximum absolute atomic E-state index is 10.6. The molecule has 0 aromatic carbocycles. The van der Waals surface area contributed by atoms with Crippen LogP contribution in [0.15, 0.2) is 0 Å². The van der Waals surface area contributed by atoms with Crippen molar-refractivity contribution >= 4 is 5.78 Å². The lowest BCUT2D eigenvalue weighted by atomic mass is 10.1. The van der Waals surface area contributed by atoms with Crippen LogP contribution >= 0.6 is 0 Å². The highest BCUT2D eigenvalue weighted by Crippen LogP contribution is 2.08. The van der Waals surface area contributed by atoms with Crippen molar-refractivity contribution < 1.29 is 9.53 Å². The molecule has 0 saturated carbocycles. The summed E-state index contributed by atoms with van der Waals surface area (Å²) in [4.78, 5) is 10.6. The molecule has 0 amide bonds. The summed E-state index contributed by atoms with van der Waals surface area (Å²) in [5.41, 5.74) is 0. The second kappa shape index (κ2) is 11.7. The molecule has 0 aromatic rings. The van der Waals surface area contributed by atoms with Crippen LogP contribution in [0.4, 0.5) is 0 Å². The Morgan fingerprint density at radius 1 is 0.933 bits per heavy atom. The lowest BCUT2D eigenvalue weighted by Crippen LogP contribution is -2.04. The Morgan fingerprint density at radius 3 is 2.00 bits per heavy atom. The Kier molecular flexibility index (Phi) is 11.4. The van der Waals surface area contributed by atoms with E-state index in [0.717, 1.165) is 13.0 Å². The second-order valence-electron chi connectivity index (χ2n) is 4.23. The average Bonchev–Trinajstić information content (AvgIpc) is 2.20. The van der Waals surface area contributed by atoms with E-state index >= 15 is 0 Å². The Hall–Kier alpha value is -0.370. The Bertz CT molecular complexity index is 143. The molecule has 0 atom stereocenters. The van der Waals surface area contributed by atoms with Gasteiger partial charge in [-0.2, -0.15) is 0 Å². The molecule has 2 heteroatoms. The summed E-state index contributed by atoms with van der Waals surface area (Å²) in [5.74, 6) is 0.120. The predicted molar refractivity (Wildman–Crippen MR) is 64.1 cm³/mol. The van der Waals surface area contributed by atoms with Crippen LogP contribution in [0.1, 0.15) is 65.2 Å². The fraction of sp³-hybridized carbons (Fsp3) is 0.923. The van der Waals surface area contributed by atoms with Crippen molar-refractivity contribution in [1.82, 2.24) is 0 Å². The largest absolute Gasteiger partial charge is 0.374 e. The topological polar surface area (TPSA) is 26.3 Å². The number of carbonyl (C=O) groups is 1. The summed E-state index contributed by atoms with van der Waals surface area (Å²) in [6.45, 7) is 4.84. The number of ketones is 1. The van der Waals surface area contributed by atoms with E-state index in [0.29, 0.717) is 0 Å². The maximum Gasteiger partial charge on any atom is 0.155 e. The van der Waals surface area contributed by atoms with Crippen LogP contribution in [-0.4, -0.2) is 19.0 Å². The highest BCUT2D eigenvalue weighted by Gasteiger charge is 1.94. The number of rotatable bonds is 11. The third-order valence-electron chi connectivity index (χ3n) is 2.45. The highest BCUT2D eigenvalue weighted by molar-refractivity contribution is 5.76. The van der Waals surface area contributed by atoms with Crippen molar-refractivity contribution in [2.45, 2.75) is 65.2 Å². The number of unbranched alkanes of at least 4 members (excludes halogenated alkanes) is 7. The monoisotopic (exact) mass is 214 g/mol. The summed E-state index contributed by atoms with van der Waals surface area (Å²) in [6.07, 6.45) is 10.5. The van der Waals surface area contributed by atoms with Gasteiger partial charge in [-0.15, -0.1) is 0 Å². The van der Waals surface area contributed by atoms with Crippen LogP contribution < -0.4 is 0 Å². The van der Waals surface area contributed by atoms with Crippen LogP contribution in [0.25, 0.3) is 0 Å². The lowest BCUT2D eigenvalue weighted by molar-refractivity contribution is -0.121. The first kappa shape index (κ1) is 14.6. The van der Waals surface area contributed by atoms with Crippen LogP contribution in [-0.2, 0) is 9.53 Å². The molecule has 15 heavy (non-hydrogen) atoms. The molecule has 0 aromatic heterocycles. The zero-order valence-corrected chi connectivity index (χ0v) is 10.4. The number of carbonyl (C=O) groups excluding carboxylic acids is 1. The molecule has 0 aliphatic rings. The fourth-order valence-electron chi connectivity index (χ4n) is 1.55. The standard InChI is InChI=1S/C13H26O2/c1-3-4-5-6-7-8-9-10-11-15-12-13(2)14/h3-12H2,1-2H3. The van der Waals surface area contributed by atoms with Gasteiger partial charge in [-0.3, -0.25) is 4.79 Å². The molecule has 0 radical (unpaired) electrons. The van der Waals surface area contributed by atoms with Crippen molar-refractivity contribution in [3.63, 3.8) is 0 Å². The van der Waals surface area contributed by atoms with Gasteiger partial charge in [-0.1, -0.05) is 51.9 Å². The minimum atomic E-state index is 0.120. The highest BCUT2D eigenvalue weighted by atomic mass is 16.5. The van der Waals surface area contributed by atoms with Crippen molar-refractivity contribution in [1.29, 1.82) is 0 Å². The zero-order valence-electron chi connectivity index (χ0n) is 10.4. The molecule has 0 heterocycles. The van der Waals surface area contributed by atoms with Crippen molar-refractivity contribution in [3.8, 4) is 0 Å². The van der Waals surface area contributed by atoms with E-state index in [-0.39, 0.29) is 12.4 Å². The van der Waals surface area contributed by atoms with Gasteiger partial charge in [0.1, 0.15) is 6.61 Å². The van der Waals surface area contributed by atoms with E-state index in [9.17, 15) is 4.79 Å². The lowest BCUT2D eigenvalue weighted by Gasteiger charge is -2.02. The first-order valence-corrected chi connectivity index (χ1v) is 6.34. The van der Waals surface area contributed by atoms with E-state index in [1.807, 2.05) is 0 Å². The number of ether oxygens (including phenoxy) is 1. The van der Waals surface area contributed by atoms with E-state index in [2.05, 4.69) is 6.92 Å². The molecule has 0 aliphatic heterocycles. The molecule has 0 unspecified atom stereocenters. The first-order valence-electron chi connectivity index (χ1n) is 6.34.